The van der Waals surface area contributed by atoms with Gasteiger partial charge in [-0.3, -0.25) is 0 Å². The van der Waals surface area contributed by atoms with Gasteiger partial charge in [0.25, 0.3) is 0 Å². The van der Waals surface area contributed by atoms with Gasteiger partial charge in [0.05, 0.1) is 0 Å². The Balaban J connectivity index is 2.32. The molecule has 0 bridgehead atoms. The summed E-state index contributed by atoms with van der Waals surface area (Å²) in [4.78, 5) is 0. The van der Waals surface area contributed by atoms with Crippen LogP contribution in [0.25, 0.3) is 0 Å². The average Bonchev–Trinajstić information content (AvgIpc) is 2.40. The van der Waals surface area contributed by atoms with E-state index in [1.807, 2.05) is 0 Å². The average molecular weight is 281 g/mol. The van der Waals surface area contributed by atoms with Crippen molar-refractivity contribution in [3.63, 3.8) is 0 Å². The number of benzene rings is 1. The van der Waals surface area contributed by atoms with E-state index in [1.54, 1.807) is 6.07 Å². The minimum Gasteiger partial charge on any atom is -0.310 e. The third-order valence-electron chi connectivity index (χ3n) is 4.72. The number of halogens is 2. The fourth-order valence-corrected chi connectivity index (χ4v) is 3.56. The predicted molar refractivity (Wildman–Crippen MR) is 78.5 cm³/mol. The molecule has 20 heavy (non-hydrogen) atoms. The second kappa shape index (κ2) is 6.21. The summed E-state index contributed by atoms with van der Waals surface area (Å²) in [5.74, 6) is -1.06. The molecule has 0 saturated heterocycles. The van der Waals surface area contributed by atoms with Gasteiger partial charge in [-0.15, -0.1) is 0 Å². The van der Waals surface area contributed by atoms with Crippen molar-refractivity contribution in [1.82, 2.24) is 5.32 Å². The standard InChI is InChI=1S/C17H25F2N/c1-4-20-16(12-8-9-14(18)15(19)11-12)13-7-5-6-10-17(13,2)3/h8-9,11,13,16,20H,4-7,10H2,1-3H3. The molecule has 1 N–H and O–H groups in total. The summed E-state index contributed by atoms with van der Waals surface area (Å²) in [5, 5.41) is 3.48. The zero-order valence-electron chi connectivity index (χ0n) is 12.7. The molecule has 0 radical (unpaired) electrons. The van der Waals surface area contributed by atoms with E-state index < -0.39 is 11.6 Å². The van der Waals surface area contributed by atoms with Crippen molar-refractivity contribution < 1.29 is 8.78 Å². The summed E-state index contributed by atoms with van der Waals surface area (Å²) in [7, 11) is 0. The van der Waals surface area contributed by atoms with Gasteiger partial charge in [0.15, 0.2) is 11.6 Å². The van der Waals surface area contributed by atoms with Crippen molar-refractivity contribution in [3.8, 4) is 0 Å². The first kappa shape index (κ1) is 15.4. The highest BCUT2D eigenvalue weighted by Gasteiger charge is 2.37. The lowest BCUT2D eigenvalue weighted by atomic mass is 9.65. The fraction of sp³-hybridized carbons (Fsp3) is 0.647. The van der Waals surface area contributed by atoms with E-state index in [1.165, 1.54) is 31.4 Å². The van der Waals surface area contributed by atoms with E-state index in [0.717, 1.165) is 18.5 Å². The molecule has 1 fully saturated rings. The van der Waals surface area contributed by atoms with Gasteiger partial charge >= 0.3 is 0 Å². The lowest BCUT2D eigenvalue weighted by molar-refractivity contribution is 0.0987. The number of hydrogen-bond acceptors (Lipinski definition) is 1. The molecule has 1 nitrogen and oxygen atoms in total. The molecule has 112 valence electrons. The molecule has 0 aliphatic heterocycles. The SMILES string of the molecule is CCNC(c1ccc(F)c(F)c1)C1CCCCC1(C)C. The minimum atomic E-state index is -0.771. The highest BCUT2D eigenvalue weighted by Crippen LogP contribution is 2.46. The highest BCUT2D eigenvalue weighted by atomic mass is 19.2. The second-order valence-electron chi connectivity index (χ2n) is 6.55. The zero-order chi connectivity index (χ0) is 14.8. The summed E-state index contributed by atoms with van der Waals surface area (Å²) in [5.41, 5.74) is 1.10. The molecule has 1 aromatic rings. The lowest BCUT2D eigenvalue weighted by Gasteiger charge is -2.43. The van der Waals surface area contributed by atoms with Gasteiger partial charge in [-0.25, -0.2) is 8.78 Å². The monoisotopic (exact) mass is 281 g/mol. The van der Waals surface area contributed by atoms with Gasteiger partial charge in [-0.05, 0) is 48.4 Å². The minimum absolute atomic E-state index is 0.102. The van der Waals surface area contributed by atoms with E-state index in [-0.39, 0.29) is 11.5 Å². The Morgan fingerprint density at radius 3 is 2.60 bits per heavy atom. The zero-order valence-corrected chi connectivity index (χ0v) is 12.7. The van der Waals surface area contributed by atoms with E-state index in [9.17, 15) is 8.78 Å². The van der Waals surface area contributed by atoms with Crippen molar-refractivity contribution in [2.24, 2.45) is 11.3 Å². The Bertz CT molecular complexity index is 456. The molecule has 2 unspecified atom stereocenters. The summed E-state index contributed by atoms with van der Waals surface area (Å²) < 4.78 is 26.7. The maximum atomic E-state index is 13.5. The summed E-state index contributed by atoms with van der Waals surface area (Å²) in [6.07, 6.45) is 4.83. The fourth-order valence-electron chi connectivity index (χ4n) is 3.56. The van der Waals surface area contributed by atoms with Gasteiger partial charge < -0.3 is 5.32 Å². The van der Waals surface area contributed by atoms with Crippen LogP contribution in [0.1, 0.15) is 58.1 Å². The first-order chi connectivity index (χ1) is 9.45. The first-order valence-corrected chi connectivity index (χ1v) is 7.64. The molecule has 0 aromatic heterocycles. The van der Waals surface area contributed by atoms with Crippen molar-refractivity contribution >= 4 is 0 Å². The maximum Gasteiger partial charge on any atom is 0.159 e. The van der Waals surface area contributed by atoms with Crippen molar-refractivity contribution in [2.75, 3.05) is 6.54 Å². The van der Waals surface area contributed by atoms with Crippen molar-refractivity contribution in [3.05, 3.63) is 35.4 Å². The third-order valence-corrected chi connectivity index (χ3v) is 4.72. The first-order valence-electron chi connectivity index (χ1n) is 7.64. The molecule has 2 rings (SSSR count). The predicted octanol–water partition coefficient (Wildman–Crippen LogP) is 4.83. The van der Waals surface area contributed by atoms with Crippen LogP contribution in [0.3, 0.4) is 0 Å². The Morgan fingerprint density at radius 1 is 1.25 bits per heavy atom. The molecule has 1 saturated carbocycles. The Morgan fingerprint density at radius 2 is 2.00 bits per heavy atom. The quantitative estimate of drug-likeness (QED) is 0.833. The summed E-state index contributed by atoms with van der Waals surface area (Å²) in [6.45, 7) is 7.47. The number of rotatable bonds is 4. The van der Waals surface area contributed by atoms with Gasteiger partial charge in [-0.1, -0.05) is 39.7 Å². The van der Waals surface area contributed by atoms with E-state index in [2.05, 4.69) is 26.1 Å². The molecule has 2 atom stereocenters. The molecule has 0 heterocycles. The largest absolute Gasteiger partial charge is 0.310 e. The van der Waals surface area contributed by atoms with Crippen molar-refractivity contribution in [2.45, 2.75) is 52.5 Å². The smallest absolute Gasteiger partial charge is 0.159 e. The third kappa shape index (κ3) is 3.20. The van der Waals surface area contributed by atoms with Gasteiger partial charge in [-0.2, -0.15) is 0 Å². The molecule has 1 aliphatic carbocycles. The molecule has 3 heteroatoms. The molecule has 1 aromatic carbocycles. The van der Waals surface area contributed by atoms with Crippen LogP contribution >= 0.6 is 0 Å². The molecule has 0 amide bonds. The van der Waals surface area contributed by atoms with E-state index in [0.29, 0.717) is 5.92 Å². The second-order valence-corrected chi connectivity index (χ2v) is 6.55. The summed E-state index contributed by atoms with van der Waals surface area (Å²) >= 11 is 0. The number of nitrogens with one attached hydrogen (secondary N) is 1. The van der Waals surface area contributed by atoms with Crippen LogP contribution in [-0.4, -0.2) is 6.54 Å². The molecule has 0 spiro atoms. The van der Waals surface area contributed by atoms with E-state index >= 15 is 0 Å². The van der Waals surface area contributed by atoms with Gasteiger partial charge in [0.2, 0.25) is 0 Å². The highest BCUT2D eigenvalue weighted by molar-refractivity contribution is 5.23. The van der Waals surface area contributed by atoms with Crippen LogP contribution in [0.4, 0.5) is 8.78 Å². The van der Waals surface area contributed by atoms with Crippen molar-refractivity contribution in [1.29, 1.82) is 0 Å². The van der Waals surface area contributed by atoms with Crippen LogP contribution in [-0.2, 0) is 0 Å². The Hall–Kier alpha value is -0.960. The van der Waals surface area contributed by atoms with Crippen LogP contribution in [0.2, 0.25) is 0 Å². The Labute approximate surface area is 120 Å². The molecular weight excluding hydrogens is 256 g/mol. The topological polar surface area (TPSA) is 12.0 Å². The van der Waals surface area contributed by atoms with Crippen LogP contribution in [0, 0.1) is 23.0 Å². The van der Waals surface area contributed by atoms with Crippen LogP contribution < -0.4 is 5.32 Å². The number of hydrogen-bond donors (Lipinski definition) is 1. The van der Waals surface area contributed by atoms with Crippen LogP contribution in [0.5, 0.6) is 0 Å². The van der Waals surface area contributed by atoms with E-state index in [4.69, 9.17) is 0 Å². The Kier molecular flexibility index (Phi) is 4.79. The molecular formula is C17H25F2N. The summed E-state index contributed by atoms with van der Waals surface area (Å²) in [6, 6.07) is 4.42. The van der Waals surface area contributed by atoms with Gasteiger partial charge in [0, 0.05) is 6.04 Å². The lowest BCUT2D eigenvalue weighted by Crippen LogP contribution is -2.39. The maximum absolute atomic E-state index is 13.5. The van der Waals surface area contributed by atoms with Gasteiger partial charge in [0.1, 0.15) is 0 Å². The normalized spacial score (nSPS) is 23.6. The van der Waals surface area contributed by atoms with Crippen LogP contribution in [0.15, 0.2) is 18.2 Å². The molecule has 1 aliphatic rings.